The number of hydrogen-bond acceptors (Lipinski definition) is 2. The molecule has 0 aliphatic heterocycles. The largest absolute Gasteiger partial charge is 0.379 e. The maximum atomic E-state index is 11.9. The van der Waals surface area contributed by atoms with Gasteiger partial charge in [0.15, 0.2) is 0 Å². The fourth-order valence-corrected chi connectivity index (χ4v) is 2.27. The molecule has 20 heavy (non-hydrogen) atoms. The van der Waals surface area contributed by atoms with Gasteiger partial charge in [-0.3, -0.25) is 4.79 Å². The second-order valence-electron chi connectivity index (χ2n) is 7.25. The summed E-state index contributed by atoms with van der Waals surface area (Å²) in [6, 6.07) is 0. The molecule has 3 heteroatoms. The van der Waals surface area contributed by atoms with Gasteiger partial charge in [0.2, 0.25) is 5.91 Å². The first-order chi connectivity index (χ1) is 9.16. The molecule has 0 N–H and O–H groups in total. The molecular weight excluding hydrogens is 250 g/mol. The summed E-state index contributed by atoms with van der Waals surface area (Å²) in [5.41, 5.74) is -0.224. The van der Waals surface area contributed by atoms with Gasteiger partial charge in [0.1, 0.15) is 0 Å². The third-order valence-electron chi connectivity index (χ3n) is 3.57. The van der Waals surface area contributed by atoms with Crippen LogP contribution in [0.4, 0.5) is 0 Å². The molecule has 3 nitrogen and oxygen atoms in total. The maximum absolute atomic E-state index is 11.9. The third kappa shape index (κ3) is 8.57. The standard InChI is InChI=1S/C17H35NO2/c1-14(2)9-8-12-20-13-17(6,7)18(16(5)19)11-10-15(3)4/h14-15H,8-13H2,1-7H3. The molecule has 120 valence electrons. The van der Waals surface area contributed by atoms with Gasteiger partial charge in [-0.2, -0.15) is 0 Å². The number of hydrogen-bond donors (Lipinski definition) is 0. The molecule has 0 rings (SSSR count). The van der Waals surface area contributed by atoms with Gasteiger partial charge in [0, 0.05) is 20.1 Å². The Labute approximate surface area is 126 Å². The van der Waals surface area contributed by atoms with Crippen LogP contribution in [0.15, 0.2) is 0 Å². The third-order valence-corrected chi connectivity index (χ3v) is 3.57. The molecule has 0 saturated heterocycles. The summed E-state index contributed by atoms with van der Waals surface area (Å²) in [5, 5.41) is 0. The molecule has 0 aromatic carbocycles. The highest BCUT2D eigenvalue weighted by atomic mass is 16.5. The van der Waals surface area contributed by atoms with Crippen LogP contribution in [-0.4, -0.2) is 36.1 Å². The molecule has 0 fully saturated rings. The minimum atomic E-state index is -0.224. The lowest BCUT2D eigenvalue weighted by Crippen LogP contribution is -2.50. The minimum Gasteiger partial charge on any atom is -0.379 e. The predicted molar refractivity (Wildman–Crippen MR) is 85.8 cm³/mol. The minimum absolute atomic E-state index is 0.140. The number of ether oxygens (including phenoxy) is 1. The van der Waals surface area contributed by atoms with E-state index >= 15 is 0 Å². The van der Waals surface area contributed by atoms with E-state index in [9.17, 15) is 4.79 Å². The van der Waals surface area contributed by atoms with Gasteiger partial charge < -0.3 is 9.64 Å². The van der Waals surface area contributed by atoms with Crippen LogP contribution in [0, 0.1) is 11.8 Å². The normalized spacial score (nSPS) is 12.2. The summed E-state index contributed by atoms with van der Waals surface area (Å²) in [6.07, 6.45) is 3.33. The van der Waals surface area contributed by atoms with E-state index < -0.39 is 0 Å². The van der Waals surface area contributed by atoms with Crippen LogP contribution < -0.4 is 0 Å². The maximum Gasteiger partial charge on any atom is 0.219 e. The average molecular weight is 285 g/mol. The molecule has 1 amide bonds. The van der Waals surface area contributed by atoms with Crippen LogP contribution in [0.2, 0.25) is 0 Å². The van der Waals surface area contributed by atoms with Gasteiger partial charge >= 0.3 is 0 Å². The van der Waals surface area contributed by atoms with Gasteiger partial charge in [0.25, 0.3) is 0 Å². The van der Waals surface area contributed by atoms with Crippen LogP contribution in [-0.2, 0) is 9.53 Å². The molecule has 0 atom stereocenters. The zero-order valence-electron chi connectivity index (χ0n) is 14.7. The lowest BCUT2D eigenvalue weighted by molar-refractivity contribution is -0.136. The van der Waals surface area contributed by atoms with Crippen molar-refractivity contribution in [3.05, 3.63) is 0 Å². The number of carbonyl (C=O) groups is 1. The summed E-state index contributed by atoms with van der Waals surface area (Å²) >= 11 is 0. The van der Waals surface area contributed by atoms with Gasteiger partial charge in [-0.1, -0.05) is 27.7 Å². The lowest BCUT2D eigenvalue weighted by atomic mass is 10.0. The van der Waals surface area contributed by atoms with Crippen LogP contribution in [0.3, 0.4) is 0 Å². The quantitative estimate of drug-likeness (QED) is 0.565. The first-order valence-electron chi connectivity index (χ1n) is 8.02. The van der Waals surface area contributed by atoms with E-state index in [0.29, 0.717) is 12.5 Å². The van der Waals surface area contributed by atoms with Crippen LogP contribution in [0.5, 0.6) is 0 Å². The molecule has 0 unspecified atom stereocenters. The first-order valence-corrected chi connectivity index (χ1v) is 8.02. The van der Waals surface area contributed by atoms with Crippen molar-refractivity contribution < 1.29 is 9.53 Å². The van der Waals surface area contributed by atoms with Crippen molar-refractivity contribution in [2.24, 2.45) is 11.8 Å². The molecule has 0 saturated carbocycles. The molecular formula is C17H35NO2. The van der Waals surface area contributed by atoms with Crippen molar-refractivity contribution in [2.75, 3.05) is 19.8 Å². The molecule has 0 aromatic heterocycles. The van der Waals surface area contributed by atoms with Gasteiger partial charge in [-0.25, -0.2) is 0 Å². The van der Waals surface area contributed by atoms with E-state index in [-0.39, 0.29) is 11.4 Å². The Morgan fingerprint density at radius 2 is 1.65 bits per heavy atom. The van der Waals surface area contributed by atoms with Gasteiger partial charge in [-0.15, -0.1) is 0 Å². The van der Waals surface area contributed by atoms with Crippen LogP contribution in [0.1, 0.15) is 67.7 Å². The molecule has 0 aromatic rings. The molecule has 0 heterocycles. The van der Waals surface area contributed by atoms with E-state index in [2.05, 4.69) is 41.5 Å². The van der Waals surface area contributed by atoms with E-state index in [1.54, 1.807) is 6.92 Å². The zero-order valence-corrected chi connectivity index (χ0v) is 14.7. The topological polar surface area (TPSA) is 29.5 Å². The summed E-state index contributed by atoms with van der Waals surface area (Å²) in [7, 11) is 0. The van der Waals surface area contributed by atoms with E-state index in [0.717, 1.165) is 31.9 Å². The molecule has 0 spiro atoms. The number of amides is 1. The zero-order chi connectivity index (χ0) is 15.8. The summed E-state index contributed by atoms with van der Waals surface area (Å²) in [6.45, 7) is 16.9. The van der Waals surface area contributed by atoms with Gasteiger partial charge in [0.05, 0.1) is 12.1 Å². The second kappa shape index (κ2) is 9.38. The monoisotopic (exact) mass is 285 g/mol. The Hall–Kier alpha value is -0.570. The van der Waals surface area contributed by atoms with E-state index in [1.165, 1.54) is 6.42 Å². The fraction of sp³-hybridized carbons (Fsp3) is 0.941. The summed E-state index contributed by atoms with van der Waals surface area (Å²) in [4.78, 5) is 13.8. The van der Waals surface area contributed by atoms with Gasteiger partial charge in [-0.05, 0) is 44.9 Å². The van der Waals surface area contributed by atoms with Crippen LogP contribution >= 0.6 is 0 Å². The van der Waals surface area contributed by atoms with Crippen molar-refractivity contribution >= 4 is 5.91 Å². The summed E-state index contributed by atoms with van der Waals surface area (Å²) < 4.78 is 5.79. The van der Waals surface area contributed by atoms with E-state index in [1.807, 2.05) is 4.90 Å². The number of rotatable bonds is 10. The van der Waals surface area contributed by atoms with Crippen molar-refractivity contribution in [1.82, 2.24) is 4.90 Å². The second-order valence-corrected chi connectivity index (χ2v) is 7.25. The highest BCUT2D eigenvalue weighted by molar-refractivity contribution is 5.74. The Balaban J connectivity index is 4.22. The predicted octanol–water partition coefficient (Wildman–Crippen LogP) is 4.11. The first kappa shape index (κ1) is 19.4. The number of nitrogens with zero attached hydrogens (tertiary/aromatic N) is 1. The van der Waals surface area contributed by atoms with Crippen molar-refractivity contribution in [3.8, 4) is 0 Å². The smallest absolute Gasteiger partial charge is 0.219 e. The highest BCUT2D eigenvalue weighted by Gasteiger charge is 2.28. The Bertz CT molecular complexity index is 272. The Morgan fingerprint density at radius 1 is 1.10 bits per heavy atom. The highest BCUT2D eigenvalue weighted by Crippen LogP contribution is 2.18. The lowest BCUT2D eigenvalue weighted by Gasteiger charge is -2.38. The van der Waals surface area contributed by atoms with Crippen LogP contribution in [0.25, 0.3) is 0 Å². The van der Waals surface area contributed by atoms with Crippen molar-refractivity contribution in [3.63, 3.8) is 0 Å². The molecule has 0 aliphatic rings. The molecule has 0 aliphatic carbocycles. The Morgan fingerprint density at radius 3 is 2.10 bits per heavy atom. The fourth-order valence-electron chi connectivity index (χ4n) is 2.27. The number of carbonyl (C=O) groups excluding carboxylic acids is 1. The Kier molecular flexibility index (Phi) is 9.11. The molecule has 0 radical (unpaired) electrons. The summed E-state index contributed by atoms with van der Waals surface area (Å²) in [5.74, 6) is 1.48. The van der Waals surface area contributed by atoms with Crippen molar-refractivity contribution in [2.45, 2.75) is 73.3 Å². The molecule has 0 bridgehead atoms. The van der Waals surface area contributed by atoms with E-state index in [4.69, 9.17) is 4.74 Å². The van der Waals surface area contributed by atoms with Crippen molar-refractivity contribution in [1.29, 1.82) is 0 Å². The SMILES string of the molecule is CC(=O)N(CCC(C)C)C(C)(C)COCCCC(C)C. The average Bonchev–Trinajstić information content (AvgIpc) is 2.26.